The van der Waals surface area contributed by atoms with E-state index in [2.05, 4.69) is 31.8 Å². The third-order valence-electron chi connectivity index (χ3n) is 0.718. The zero-order chi connectivity index (χ0) is 8.69. The van der Waals surface area contributed by atoms with E-state index in [0.29, 0.717) is 5.02 Å². The Bertz CT molecular complexity index is 192. The fourth-order valence-corrected chi connectivity index (χ4v) is 0.583. The van der Waals surface area contributed by atoms with E-state index in [1.54, 1.807) is 0 Å². The molecule has 1 aromatic rings. The maximum atomic E-state index is 12.1. The minimum absolute atomic E-state index is 0.0417. The molecule has 1 radical (unpaired) electrons. The van der Waals surface area contributed by atoms with Crippen LogP contribution in [0.2, 0.25) is 5.02 Å². The molecule has 0 heterocycles. The van der Waals surface area contributed by atoms with Gasteiger partial charge in [-0.3, -0.25) is 25.8 Å². The maximum absolute atomic E-state index is 12.1. The van der Waals surface area contributed by atoms with Gasteiger partial charge in [-0.25, -0.2) is 4.39 Å². The Morgan fingerprint density at radius 2 is 2.00 bits per heavy atom. The fourth-order valence-electron chi connectivity index (χ4n) is 0.416. The van der Waals surface area contributed by atoms with Crippen molar-refractivity contribution in [2.75, 3.05) is 0 Å². The van der Waals surface area contributed by atoms with Crippen molar-refractivity contribution >= 4 is 53.4 Å². The van der Waals surface area contributed by atoms with Crippen molar-refractivity contribution in [2.24, 2.45) is 0 Å². The Labute approximate surface area is 92.0 Å². The second-order valence-corrected chi connectivity index (χ2v) is 9.99. The van der Waals surface area contributed by atoms with E-state index in [4.69, 9.17) is 11.6 Å². The normalized spacial score (nSPS) is 7.64. The lowest BCUT2D eigenvalue weighted by Gasteiger charge is -1.84. The van der Waals surface area contributed by atoms with Crippen molar-refractivity contribution < 1.29 is 4.39 Å². The van der Waals surface area contributed by atoms with Gasteiger partial charge in [0.1, 0.15) is 5.82 Å². The SMILES string of the molecule is Fc1c[c]cc(Cl)c1.[Br][Mg][Br]. The summed E-state index contributed by atoms with van der Waals surface area (Å²) in [5.41, 5.74) is 0. The van der Waals surface area contributed by atoms with E-state index < -0.39 is 0 Å². The van der Waals surface area contributed by atoms with Gasteiger partial charge in [0.2, 0.25) is 0 Å². The summed E-state index contributed by atoms with van der Waals surface area (Å²) in [6.45, 7) is 0. The van der Waals surface area contributed by atoms with Gasteiger partial charge in [0.15, 0.2) is 0 Å². The first kappa shape index (κ1) is 12.2. The van der Waals surface area contributed by atoms with Gasteiger partial charge in [-0.15, -0.1) is 0 Å². The summed E-state index contributed by atoms with van der Waals surface area (Å²) in [4.78, 5) is 0. The highest BCUT2D eigenvalue weighted by atomic mass is 79.9. The minimum Gasteiger partial charge on any atom is -0.280 e. The third-order valence-corrected chi connectivity index (χ3v) is 0.936. The molecule has 0 nitrogen and oxygen atoms in total. The van der Waals surface area contributed by atoms with Crippen LogP contribution in [0.4, 0.5) is 4.39 Å². The Hall–Kier alpha value is 1.17. The summed E-state index contributed by atoms with van der Waals surface area (Å²) in [6, 6.07) is 6.49. The average molecular weight is 314 g/mol. The number of rotatable bonds is 0. The van der Waals surface area contributed by atoms with Crippen LogP contribution in [-0.4, -0.2) is 16.0 Å². The highest BCUT2D eigenvalue weighted by Crippen LogP contribution is 2.07. The van der Waals surface area contributed by atoms with Crippen LogP contribution in [0.15, 0.2) is 18.2 Å². The molecular formula is C6H3Br2ClFMg. The van der Waals surface area contributed by atoms with E-state index >= 15 is 0 Å². The van der Waals surface area contributed by atoms with Crippen LogP contribution in [0.25, 0.3) is 0 Å². The van der Waals surface area contributed by atoms with Crippen LogP contribution in [0, 0.1) is 11.9 Å². The molecule has 0 aromatic heterocycles. The molecule has 0 fully saturated rings. The summed E-state index contributed by atoms with van der Waals surface area (Å²) in [5.74, 6) is -0.350. The fraction of sp³-hybridized carbons (Fsp3) is 0. The smallest absolute Gasteiger partial charge is 0.280 e. The third kappa shape index (κ3) is 7.52. The van der Waals surface area contributed by atoms with Crippen LogP contribution < -0.4 is 0 Å². The lowest BCUT2D eigenvalue weighted by Crippen LogP contribution is -1.68. The summed E-state index contributed by atoms with van der Waals surface area (Å²) < 4.78 is 12.1. The zero-order valence-electron chi connectivity index (χ0n) is 5.45. The summed E-state index contributed by atoms with van der Waals surface area (Å²) in [7, 11) is 0. The second-order valence-electron chi connectivity index (χ2n) is 1.47. The van der Waals surface area contributed by atoms with Crippen LogP contribution in [0.3, 0.4) is 0 Å². The first-order valence-electron chi connectivity index (χ1n) is 2.64. The topological polar surface area (TPSA) is 0 Å². The Kier molecular flexibility index (Phi) is 8.62. The van der Waals surface area contributed by atoms with Crippen molar-refractivity contribution in [1.29, 1.82) is 0 Å². The monoisotopic (exact) mass is 311 g/mol. The summed E-state index contributed by atoms with van der Waals surface area (Å²) >= 11 is 11.8. The molecule has 0 atom stereocenters. The minimum atomic E-state index is -0.350. The molecule has 5 heteroatoms. The highest BCUT2D eigenvalue weighted by Gasteiger charge is 1.87. The molecule has 0 saturated heterocycles. The van der Waals surface area contributed by atoms with Gasteiger partial charge < -0.3 is 0 Å². The number of hydrogen-bond donors (Lipinski definition) is 0. The standard InChI is InChI=1S/C6H3ClF.2BrH.Mg/c7-5-2-1-3-6(8)4-5;;;/h2-4H;2*1H;/q;;;+2/p-2. The number of halogens is 4. The van der Waals surface area contributed by atoms with Gasteiger partial charge in [0, 0.05) is 5.02 Å². The Morgan fingerprint density at radius 1 is 1.45 bits per heavy atom. The molecule has 0 saturated carbocycles. The van der Waals surface area contributed by atoms with Crippen molar-refractivity contribution in [3.63, 3.8) is 0 Å². The molecule has 0 spiro atoms. The molecule has 1 aromatic carbocycles. The van der Waals surface area contributed by atoms with Crippen LogP contribution in [0.5, 0.6) is 0 Å². The largest absolute Gasteiger partial charge is 0.560 e. The molecule has 1 rings (SSSR count). The van der Waals surface area contributed by atoms with Gasteiger partial charge in [-0.05, 0) is 24.3 Å². The van der Waals surface area contributed by atoms with Gasteiger partial charge in [0.05, 0.1) is 0 Å². The second kappa shape index (κ2) is 7.80. The summed E-state index contributed by atoms with van der Waals surface area (Å²) in [5, 5.41) is 0.380. The lowest BCUT2D eigenvalue weighted by molar-refractivity contribution is 0.627. The molecule has 0 aliphatic carbocycles. The average Bonchev–Trinajstić information content (AvgIpc) is 1.88. The molecule has 0 aliphatic heterocycles. The number of hydrogen-bond acceptors (Lipinski definition) is 0. The van der Waals surface area contributed by atoms with Gasteiger partial charge >= 0.3 is 16.0 Å². The van der Waals surface area contributed by atoms with E-state index in [1.165, 1.54) is 18.2 Å². The molecule has 0 amide bonds. The Morgan fingerprint density at radius 3 is 2.27 bits per heavy atom. The molecule has 0 N–H and O–H groups in total. The molecule has 11 heavy (non-hydrogen) atoms. The molecular weight excluding hydrogens is 311 g/mol. The van der Waals surface area contributed by atoms with E-state index in [0.717, 1.165) is 0 Å². The lowest BCUT2D eigenvalue weighted by atomic mass is 10.4. The summed E-state index contributed by atoms with van der Waals surface area (Å²) in [6.07, 6.45) is 0. The van der Waals surface area contributed by atoms with E-state index in [9.17, 15) is 4.39 Å². The van der Waals surface area contributed by atoms with Crippen molar-refractivity contribution in [1.82, 2.24) is 0 Å². The van der Waals surface area contributed by atoms with E-state index in [1.807, 2.05) is 0 Å². The van der Waals surface area contributed by atoms with Crippen molar-refractivity contribution in [3.05, 3.63) is 35.1 Å². The van der Waals surface area contributed by atoms with Gasteiger partial charge in [-0.2, -0.15) is 0 Å². The molecule has 0 unspecified atom stereocenters. The first-order chi connectivity index (χ1) is 5.20. The van der Waals surface area contributed by atoms with E-state index in [-0.39, 0.29) is 21.8 Å². The zero-order valence-corrected chi connectivity index (χ0v) is 10.8. The first-order valence-corrected chi connectivity index (χ1v) is 10.8. The van der Waals surface area contributed by atoms with Crippen molar-refractivity contribution in [3.8, 4) is 0 Å². The molecule has 0 bridgehead atoms. The van der Waals surface area contributed by atoms with Crippen LogP contribution >= 0.6 is 37.4 Å². The van der Waals surface area contributed by atoms with Crippen LogP contribution in [-0.2, 0) is 0 Å². The quantitative estimate of drug-likeness (QED) is 0.642. The van der Waals surface area contributed by atoms with Crippen molar-refractivity contribution in [2.45, 2.75) is 0 Å². The predicted octanol–water partition coefficient (Wildman–Crippen LogP) is 3.59. The van der Waals surface area contributed by atoms with Gasteiger partial charge in [0.25, 0.3) is 0 Å². The highest BCUT2D eigenvalue weighted by molar-refractivity contribution is 9.47. The number of benzene rings is 1. The molecule has 57 valence electrons. The van der Waals surface area contributed by atoms with Gasteiger partial charge in [-0.1, -0.05) is 11.6 Å². The Balaban J connectivity index is 0.000000292. The van der Waals surface area contributed by atoms with Crippen LogP contribution in [0.1, 0.15) is 0 Å². The predicted molar refractivity (Wildman–Crippen MR) is 53.9 cm³/mol. The maximum Gasteiger partial charge on any atom is 0.560 e. The molecule has 0 aliphatic rings.